The van der Waals surface area contributed by atoms with Crippen LogP contribution in [0.4, 0.5) is 10.5 Å². The minimum absolute atomic E-state index is 0.177. The molecule has 0 aliphatic heterocycles. The Kier molecular flexibility index (Phi) is 7.51. The molecule has 1 aliphatic carbocycles. The van der Waals surface area contributed by atoms with E-state index >= 15 is 0 Å². The van der Waals surface area contributed by atoms with Gasteiger partial charge in [0.15, 0.2) is 0 Å². The van der Waals surface area contributed by atoms with Crippen LogP contribution in [0.3, 0.4) is 0 Å². The molecule has 2 heterocycles. The highest BCUT2D eigenvalue weighted by atomic mass is 32.1. The minimum Gasteiger partial charge on any atom is -0.444 e. The number of carbonyl (C=O) groups is 2. The minimum atomic E-state index is -0.611. The Morgan fingerprint density at radius 1 is 1.14 bits per heavy atom. The highest BCUT2D eigenvalue weighted by Crippen LogP contribution is 2.38. The van der Waals surface area contributed by atoms with Gasteiger partial charge in [-0.25, -0.2) is 9.78 Å². The highest BCUT2D eigenvalue weighted by Gasteiger charge is 2.30. The first-order chi connectivity index (χ1) is 17.3. The first kappa shape index (κ1) is 26.9. The van der Waals surface area contributed by atoms with Crippen LogP contribution in [0.15, 0.2) is 36.4 Å². The Hall–Kier alpha value is -3.13. The lowest BCUT2D eigenvalue weighted by atomic mass is 9.71. The zero-order valence-electron chi connectivity index (χ0n) is 22.6. The zero-order chi connectivity index (χ0) is 27.0. The molecule has 4 N–H and O–H groups in total. The number of ether oxygens (including phenoxy) is 1. The summed E-state index contributed by atoms with van der Waals surface area (Å²) >= 11 is 1.40. The van der Waals surface area contributed by atoms with E-state index in [0.717, 1.165) is 40.7 Å². The predicted molar refractivity (Wildman–Crippen MR) is 150 cm³/mol. The summed E-state index contributed by atoms with van der Waals surface area (Å²) in [7, 11) is 0. The van der Waals surface area contributed by atoms with E-state index in [9.17, 15) is 9.59 Å². The van der Waals surface area contributed by atoms with Crippen LogP contribution in [0.25, 0.3) is 10.2 Å². The van der Waals surface area contributed by atoms with Gasteiger partial charge in [-0.1, -0.05) is 32.9 Å². The first-order valence-corrected chi connectivity index (χ1v) is 13.7. The monoisotopic (exact) mass is 522 g/mol. The van der Waals surface area contributed by atoms with Gasteiger partial charge in [0.1, 0.15) is 10.4 Å². The van der Waals surface area contributed by atoms with Crippen molar-refractivity contribution in [2.45, 2.75) is 72.4 Å². The Balaban J connectivity index is 1.53. The second-order valence-corrected chi connectivity index (χ2v) is 13.0. The second-order valence-electron chi connectivity index (χ2n) is 12.0. The van der Waals surface area contributed by atoms with Crippen LogP contribution in [-0.4, -0.2) is 29.1 Å². The summed E-state index contributed by atoms with van der Waals surface area (Å²) < 4.78 is 5.36. The number of hydrogen-bond donors (Lipinski definition) is 3. The van der Waals surface area contributed by atoms with Crippen LogP contribution in [-0.2, 0) is 17.6 Å². The molecular formula is C29H38N4O3S. The van der Waals surface area contributed by atoms with Crippen LogP contribution in [0.1, 0.15) is 80.5 Å². The third-order valence-electron chi connectivity index (χ3n) is 6.82. The average molecular weight is 523 g/mol. The van der Waals surface area contributed by atoms with Crippen LogP contribution < -0.4 is 16.4 Å². The number of nitrogen functional groups attached to an aromatic ring is 1. The molecule has 2 amide bonds. The van der Waals surface area contributed by atoms with Gasteiger partial charge >= 0.3 is 6.09 Å². The molecule has 2 aromatic heterocycles. The normalized spacial score (nSPS) is 16.6. The third-order valence-corrected chi connectivity index (χ3v) is 7.86. The van der Waals surface area contributed by atoms with E-state index in [1.807, 2.05) is 39.0 Å². The fourth-order valence-corrected chi connectivity index (χ4v) is 5.62. The Morgan fingerprint density at radius 2 is 1.84 bits per heavy atom. The standard InChI is InChI=1S/C29H38N4O3S/c1-28(2,3)20-9-12-22-18(14-20)13-19-15-24(37-26(19)33-22)25(34)32-23(17-7-10-21(30)11-8-17)16-31-27(35)36-29(4,5)6/h7-8,10-11,13,15,20,23H,9,12,14,16,30H2,1-6H3,(H,31,35)(H,32,34). The van der Waals surface area contributed by atoms with Crippen molar-refractivity contribution < 1.29 is 14.3 Å². The maximum Gasteiger partial charge on any atom is 0.407 e. The highest BCUT2D eigenvalue weighted by molar-refractivity contribution is 7.20. The Bertz CT molecular complexity index is 1290. The van der Waals surface area contributed by atoms with Crippen molar-refractivity contribution in [3.8, 4) is 0 Å². The number of anilines is 1. The molecule has 37 heavy (non-hydrogen) atoms. The quantitative estimate of drug-likeness (QED) is 0.355. The first-order valence-electron chi connectivity index (χ1n) is 12.8. The number of aryl methyl sites for hydroxylation is 1. The second kappa shape index (κ2) is 10.3. The van der Waals surface area contributed by atoms with Crippen LogP contribution >= 0.6 is 11.3 Å². The van der Waals surface area contributed by atoms with Gasteiger partial charge in [-0.2, -0.15) is 0 Å². The number of rotatable bonds is 5. The lowest BCUT2D eigenvalue weighted by molar-refractivity contribution is 0.0520. The fraction of sp³-hybridized carbons (Fsp3) is 0.483. The maximum atomic E-state index is 13.3. The molecule has 3 aromatic rings. The van der Waals surface area contributed by atoms with Gasteiger partial charge in [0.05, 0.1) is 10.9 Å². The molecule has 0 saturated heterocycles. The van der Waals surface area contributed by atoms with Gasteiger partial charge in [-0.3, -0.25) is 4.79 Å². The van der Waals surface area contributed by atoms with Gasteiger partial charge in [0.25, 0.3) is 5.91 Å². The smallest absolute Gasteiger partial charge is 0.407 e. The topological polar surface area (TPSA) is 106 Å². The number of nitrogens with one attached hydrogen (secondary N) is 2. The largest absolute Gasteiger partial charge is 0.444 e. The van der Waals surface area contributed by atoms with E-state index in [2.05, 4.69) is 37.5 Å². The Morgan fingerprint density at radius 3 is 2.49 bits per heavy atom. The molecule has 0 spiro atoms. The molecule has 8 heteroatoms. The summed E-state index contributed by atoms with van der Waals surface area (Å²) in [6.45, 7) is 12.5. The van der Waals surface area contributed by atoms with E-state index in [1.165, 1.54) is 16.9 Å². The SMILES string of the molecule is CC(C)(C)OC(=O)NCC(NC(=O)c1cc2cc3c(nc2s1)CCC(C(C)(C)C)C3)c1ccc(N)cc1. The van der Waals surface area contributed by atoms with Gasteiger partial charge in [-0.05, 0) is 86.8 Å². The molecule has 2 atom stereocenters. The van der Waals surface area contributed by atoms with Crippen molar-refractivity contribution in [3.05, 3.63) is 58.1 Å². The van der Waals surface area contributed by atoms with Crippen molar-refractivity contribution in [3.63, 3.8) is 0 Å². The number of carbonyl (C=O) groups excluding carboxylic acids is 2. The van der Waals surface area contributed by atoms with Crippen molar-refractivity contribution in [2.24, 2.45) is 11.3 Å². The van der Waals surface area contributed by atoms with E-state index in [-0.39, 0.29) is 17.9 Å². The molecule has 198 valence electrons. The zero-order valence-corrected chi connectivity index (χ0v) is 23.4. The molecule has 1 aromatic carbocycles. The van der Waals surface area contributed by atoms with E-state index in [0.29, 0.717) is 16.5 Å². The van der Waals surface area contributed by atoms with Crippen molar-refractivity contribution in [1.82, 2.24) is 15.6 Å². The number of benzene rings is 1. The molecule has 2 unspecified atom stereocenters. The average Bonchev–Trinajstić information content (AvgIpc) is 3.21. The summed E-state index contributed by atoms with van der Waals surface area (Å²) in [5, 5.41) is 6.85. The number of nitrogens with zero attached hydrogens (tertiary/aromatic N) is 1. The lowest BCUT2D eigenvalue weighted by Crippen LogP contribution is -2.40. The van der Waals surface area contributed by atoms with E-state index < -0.39 is 17.7 Å². The van der Waals surface area contributed by atoms with Gasteiger partial charge in [0, 0.05) is 23.3 Å². The predicted octanol–water partition coefficient (Wildman–Crippen LogP) is 6.03. The van der Waals surface area contributed by atoms with Crippen molar-refractivity contribution in [1.29, 1.82) is 0 Å². The number of amides is 2. The number of thiophene rings is 1. The number of aromatic nitrogens is 1. The molecule has 4 rings (SSSR count). The van der Waals surface area contributed by atoms with Crippen LogP contribution in [0.2, 0.25) is 0 Å². The summed E-state index contributed by atoms with van der Waals surface area (Å²) in [6, 6.07) is 10.9. The van der Waals surface area contributed by atoms with E-state index in [4.69, 9.17) is 15.5 Å². The van der Waals surface area contributed by atoms with Crippen molar-refractivity contribution in [2.75, 3.05) is 12.3 Å². The fourth-order valence-electron chi connectivity index (χ4n) is 4.68. The molecule has 0 radical (unpaired) electrons. The summed E-state index contributed by atoms with van der Waals surface area (Å²) in [6.07, 6.45) is 2.60. The number of hydrogen-bond acceptors (Lipinski definition) is 6. The number of alkyl carbamates (subject to hydrolysis) is 1. The number of nitrogens with two attached hydrogens (primary N) is 1. The summed E-state index contributed by atoms with van der Waals surface area (Å²) in [5.74, 6) is 0.417. The third kappa shape index (κ3) is 6.80. The molecule has 0 saturated carbocycles. The van der Waals surface area contributed by atoms with Crippen LogP contribution in [0, 0.1) is 11.3 Å². The molecule has 1 aliphatic rings. The van der Waals surface area contributed by atoms with Crippen LogP contribution in [0.5, 0.6) is 0 Å². The lowest BCUT2D eigenvalue weighted by Gasteiger charge is -2.34. The summed E-state index contributed by atoms with van der Waals surface area (Å²) in [5.41, 5.74) is 9.42. The van der Waals surface area contributed by atoms with Gasteiger partial charge in [-0.15, -0.1) is 11.3 Å². The van der Waals surface area contributed by atoms with Gasteiger partial charge in [0.2, 0.25) is 0 Å². The molecule has 7 nitrogen and oxygen atoms in total. The maximum absolute atomic E-state index is 13.3. The molecular weight excluding hydrogens is 484 g/mol. The summed E-state index contributed by atoms with van der Waals surface area (Å²) in [4.78, 5) is 32.0. The molecule has 0 bridgehead atoms. The number of pyridine rings is 1. The van der Waals surface area contributed by atoms with Gasteiger partial charge < -0.3 is 21.1 Å². The Labute approximate surface area is 223 Å². The van der Waals surface area contributed by atoms with E-state index in [1.54, 1.807) is 12.1 Å². The number of fused-ring (bicyclic) bond motifs is 2. The van der Waals surface area contributed by atoms with Crippen molar-refractivity contribution >= 4 is 39.2 Å². The molecule has 0 fully saturated rings.